The van der Waals surface area contributed by atoms with E-state index in [9.17, 15) is 0 Å². The number of rotatable bonds is 3. The molecule has 0 aliphatic rings. The highest BCUT2D eigenvalue weighted by Crippen LogP contribution is 2.29. The number of hydrogen-bond donors (Lipinski definition) is 1. The highest BCUT2D eigenvalue weighted by atomic mass is 79.9. The van der Waals surface area contributed by atoms with Gasteiger partial charge in [-0.15, -0.1) is 0 Å². The van der Waals surface area contributed by atoms with Gasteiger partial charge in [0.25, 0.3) is 0 Å². The third-order valence-electron chi connectivity index (χ3n) is 1.74. The van der Waals surface area contributed by atoms with E-state index in [1.807, 2.05) is 18.2 Å². The lowest BCUT2D eigenvalue weighted by Crippen LogP contribution is -1.93. The van der Waals surface area contributed by atoms with E-state index in [-0.39, 0.29) is 0 Å². The second-order valence-electron chi connectivity index (χ2n) is 2.67. The lowest BCUT2D eigenvalue weighted by molar-refractivity contribution is 0.417. The number of ether oxygens (including phenoxy) is 1. The molecule has 0 aliphatic carbocycles. The van der Waals surface area contributed by atoms with E-state index < -0.39 is 0 Å². The Balaban J connectivity index is 3.10. The van der Waals surface area contributed by atoms with E-state index in [0.29, 0.717) is 16.5 Å². The summed E-state index contributed by atoms with van der Waals surface area (Å²) in [6, 6.07) is 3.51. The summed E-state index contributed by atoms with van der Waals surface area (Å²) >= 11 is 9.29. The van der Waals surface area contributed by atoms with Crippen molar-refractivity contribution in [3.05, 3.63) is 28.8 Å². The molecule has 0 saturated heterocycles. The largest absolute Gasteiger partial charge is 0.495 e. The van der Waals surface area contributed by atoms with Crippen molar-refractivity contribution in [1.29, 1.82) is 0 Å². The van der Waals surface area contributed by atoms with Crippen molar-refractivity contribution in [1.82, 2.24) is 0 Å². The average molecular weight is 277 g/mol. The number of halogens is 2. The number of allylic oxidation sites excluding steroid dienone is 1. The molecule has 0 unspecified atom stereocenters. The third kappa shape index (κ3) is 2.66. The summed E-state index contributed by atoms with van der Waals surface area (Å²) in [4.78, 5) is 0. The first-order valence-electron chi connectivity index (χ1n) is 4.04. The van der Waals surface area contributed by atoms with Gasteiger partial charge in [0.1, 0.15) is 5.75 Å². The van der Waals surface area contributed by atoms with Crippen LogP contribution in [0.3, 0.4) is 0 Å². The summed E-state index contributed by atoms with van der Waals surface area (Å²) in [5.74, 6) is 0.642. The number of alkyl halides is 1. The Morgan fingerprint density at radius 1 is 1.57 bits per heavy atom. The van der Waals surface area contributed by atoms with Crippen molar-refractivity contribution >= 4 is 39.3 Å². The molecule has 2 nitrogen and oxygen atoms in total. The summed E-state index contributed by atoms with van der Waals surface area (Å²) in [7, 11) is 1.58. The van der Waals surface area contributed by atoms with Gasteiger partial charge in [-0.05, 0) is 17.7 Å². The number of nitrogens with two attached hydrogens (primary N) is 1. The summed E-state index contributed by atoms with van der Waals surface area (Å²) < 4.78 is 5.09. The van der Waals surface area contributed by atoms with E-state index in [1.165, 1.54) is 0 Å². The molecule has 0 saturated carbocycles. The number of benzene rings is 1. The van der Waals surface area contributed by atoms with Crippen LogP contribution in [-0.2, 0) is 0 Å². The van der Waals surface area contributed by atoms with Crippen molar-refractivity contribution in [2.75, 3.05) is 18.2 Å². The minimum Gasteiger partial charge on any atom is -0.495 e. The second-order valence-corrected chi connectivity index (χ2v) is 3.73. The maximum absolute atomic E-state index is 5.99. The molecule has 0 spiro atoms. The normalized spacial score (nSPS) is 10.8. The zero-order valence-corrected chi connectivity index (χ0v) is 10.1. The van der Waals surface area contributed by atoms with Crippen molar-refractivity contribution in [3.8, 4) is 5.75 Å². The maximum Gasteiger partial charge on any atom is 0.142 e. The first-order valence-corrected chi connectivity index (χ1v) is 5.54. The van der Waals surface area contributed by atoms with Gasteiger partial charge in [0.05, 0.1) is 17.8 Å². The van der Waals surface area contributed by atoms with Crippen molar-refractivity contribution < 1.29 is 4.74 Å². The van der Waals surface area contributed by atoms with Gasteiger partial charge in [-0.1, -0.05) is 39.7 Å². The Hall–Kier alpha value is -0.670. The predicted molar refractivity (Wildman–Crippen MR) is 65.2 cm³/mol. The molecule has 14 heavy (non-hydrogen) atoms. The van der Waals surface area contributed by atoms with Crippen LogP contribution < -0.4 is 10.5 Å². The molecule has 0 aliphatic heterocycles. The Bertz CT molecular complexity index is 352. The van der Waals surface area contributed by atoms with Crippen LogP contribution >= 0.6 is 27.5 Å². The minimum absolute atomic E-state index is 0.550. The van der Waals surface area contributed by atoms with Crippen LogP contribution in [0.2, 0.25) is 5.02 Å². The Labute approximate surface area is 96.8 Å². The van der Waals surface area contributed by atoms with Gasteiger partial charge in [-0.2, -0.15) is 0 Å². The predicted octanol–water partition coefficient (Wildman–Crippen LogP) is 3.34. The smallest absolute Gasteiger partial charge is 0.142 e. The molecule has 1 rings (SSSR count). The molecule has 76 valence electrons. The molecule has 0 fully saturated rings. The second kappa shape index (κ2) is 5.27. The lowest BCUT2D eigenvalue weighted by atomic mass is 10.2. The van der Waals surface area contributed by atoms with Gasteiger partial charge in [-0.3, -0.25) is 0 Å². The molecule has 0 heterocycles. The van der Waals surface area contributed by atoms with Gasteiger partial charge in [0.15, 0.2) is 0 Å². The zero-order chi connectivity index (χ0) is 10.6. The average Bonchev–Trinajstić information content (AvgIpc) is 2.17. The van der Waals surface area contributed by atoms with Crippen LogP contribution in [0, 0.1) is 0 Å². The van der Waals surface area contributed by atoms with Crippen LogP contribution in [0.25, 0.3) is 6.08 Å². The Morgan fingerprint density at radius 2 is 2.29 bits per heavy atom. The number of anilines is 1. The third-order valence-corrected chi connectivity index (χ3v) is 2.44. The fourth-order valence-corrected chi connectivity index (χ4v) is 1.48. The van der Waals surface area contributed by atoms with Crippen molar-refractivity contribution in [3.63, 3.8) is 0 Å². The van der Waals surface area contributed by atoms with Gasteiger partial charge < -0.3 is 10.5 Å². The van der Waals surface area contributed by atoms with Gasteiger partial charge in [0.2, 0.25) is 0 Å². The summed E-state index contributed by atoms with van der Waals surface area (Å²) in [5.41, 5.74) is 7.14. The van der Waals surface area contributed by atoms with E-state index >= 15 is 0 Å². The molecule has 1 aromatic carbocycles. The molecular weight excluding hydrogens is 265 g/mol. The molecule has 0 amide bonds. The van der Waals surface area contributed by atoms with E-state index in [4.69, 9.17) is 22.1 Å². The van der Waals surface area contributed by atoms with Crippen molar-refractivity contribution in [2.24, 2.45) is 0 Å². The lowest BCUT2D eigenvalue weighted by Gasteiger charge is -2.06. The Morgan fingerprint density at radius 3 is 2.86 bits per heavy atom. The van der Waals surface area contributed by atoms with Crippen molar-refractivity contribution in [2.45, 2.75) is 0 Å². The molecule has 0 radical (unpaired) electrons. The zero-order valence-electron chi connectivity index (χ0n) is 7.76. The molecule has 2 N–H and O–H groups in total. The SMILES string of the molecule is COc1cc(C=CCBr)c(Cl)cc1N. The topological polar surface area (TPSA) is 35.2 Å². The monoisotopic (exact) mass is 275 g/mol. The maximum atomic E-state index is 5.99. The van der Waals surface area contributed by atoms with E-state index in [1.54, 1.807) is 13.2 Å². The van der Waals surface area contributed by atoms with Crippen LogP contribution in [-0.4, -0.2) is 12.4 Å². The summed E-state index contributed by atoms with van der Waals surface area (Å²) in [5, 5.41) is 1.41. The molecule has 0 aromatic heterocycles. The molecule has 0 atom stereocenters. The molecular formula is C10H11BrClNO. The number of methoxy groups -OCH3 is 1. The van der Waals surface area contributed by atoms with E-state index in [2.05, 4.69) is 15.9 Å². The minimum atomic E-state index is 0.550. The highest BCUT2D eigenvalue weighted by molar-refractivity contribution is 9.09. The van der Waals surface area contributed by atoms with Gasteiger partial charge in [0, 0.05) is 5.33 Å². The van der Waals surface area contributed by atoms with Crippen LogP contribution in [0.5, 0.6) is 5.75 Å². The standard InChI is InChI=1S/C10H11BrClNO/c1-14-10-5-7(3-2-4-11)8(12)6-9(10)13/h2-3,5-6H,4,13H2,1H3. The quantitative estimate of drug-likeness (QED) is 0.679. The first kappa shape index (κ1) is 11.4. The van der Waals surface area contributed by atoms with Gasteiger partial charge >= 0.3 is 0 Å². The fraction of sp³-hybridized carbons (Fsp3) is 0.200. The van der Waals surface area contributed by atoms with Gasteiger partial charge in [-0.25, -0.2) is 0 Å². The number of nitrogen functional groups attached to an aromatic ring is 1. The molecule has 4 heteroatoms. The van der Waals surface area contributed by atoms with Crippen LogP contribution in [0.15, 0.2) is 18.2 Å². The summed E-state index contributed by atoms with van der Waals surface area (Å²) in [6.45, 7) is 0. The first-order chi connectivity index (χ1) is 6.69. The highest BCUT2D eigenvalue weighted by Gasteiger charge is 2.04. The van der Waals surface area contributed by atoms with Crippen LogP contribution in [0.1, 0.15) is 5.56 Å². The molecule has 0 bridgehead atoms. The molecule has 1 aromatic rings. The van der Waals surface area contributed by atoms with Crippen LogP contribution in [0.4, 0.5) is 5.69 Å². The number of hydrogen-bond acceptors (Lipinski definition) is 2. The Kier molecular flexibility index (Phi) is 4.29. The summed E-state index contributed by atoms with van der Waals surface area (Å²) in [6.07, 6.45) is 3.87. The van der Waals surface area contributed by atoms with E-state index in [0.717, 1.165) is 10.9 Å². The fourth-order valence-electron chi connectivity index (χ4n) is 1.06.